The van der Waals surface area contributed by atoms with Crippen LogP contribution in [-0.2, 0) is 47.3 Å². The molecule has 5 aromatic carbocycles. The van der Waals surface area contributed by atoms with E-state index in [0.29, 0.717) is 39.4 Å². The van der Waals surface area contributed by atoms with Crippen LogP contribution in [0, 0.1) is 0 Å². The molecule has 0 aliphatic carbocycles. The van der Waals surface area contributed by atoms with Crippen LogP contribution < -0.4 is 20.1 Å². The molecule has 0 spiro atoms. The summed E-state index contributed by atoms with van der Waals surface area (Å²) in [5.74, 6) is -2.48. The van der Waals surface area contributed by atoms with Crippen molar-refractivity contribution in [1.82, 2.24) is 20.4 Å². The highest BCUT2D eigenvalue weighted by molar-refractivity contribution is 6.03. The Morgan fingerprint density at radius 3 is 2.02 bits per heavy atom. The monoisotopic (exact) mass is 852 g/mol. The molecule has 2 atom stereocenters. The SMILES string of the molecule is COc1ccc(CN(CC(=O)N[C@@]2(c3ccccc3)C(=O)N(CC(=O)OC(C)(C)C)C(c3ccccc3)=C[C@H]2c2ccccc2)C(=O)CNC(=O)OCc2ccccc2)c(OC)c1. The predicted molar refractivity (Wildman–Crippen MR) is 237 cm³/mol. The lowest BCUT2D eigenvalue weighted by Crippen LogP contribution is -2.63. The predicted octanol–water partition coefficient (Wildman–Crippen LogP) is 6.98. The Morgan fingerprint density at radius 2 is 1.40 bits per heavy atom. The summed E-state index contributed by atoms with van der Waals surface area (Å²) in [6.45, 7) is 3.56. The smallest absolute Gasteiger partial charge is 0.407 e. The minimum absolute atomic E-state index is 0.0143. The summed E-state index contributed by atoms with van der Waals surface area (Å²) in [5.41, 5.74) is 0.864. The quantitative estimate of drug-likeness (QED) is 0.100. The number of alkyl carbamates (subject to hydrolysis) is 1. The van der Waals surface area contributed by atoms with Crippen LogP contribution in [0.2, 0.25) is 0 Å². The van der Waals surface area contributed by atoms with Gasteiger partial charge >= 0.3 is 12.1 Å². The molecule has 1 aliphatic rings. The van der Waals surface area contributed by atoms with Crippen molar-refractivity contribution in [3.8, 4) is 11.5 Å². The van der Waals surface area contributed by atoms with Gasteiger partial charge in [-0.3, -0.25) is 24.1 Å². The molecule has 0 bridgehead atoms. The maximum atomic E-state index is 15.7. The largest absolute Gasteiger partial charge is 0.497 e. The molecule has 6 rings (SSSR count). The van der Waals surface area contributed by atoms with Crippen molar-refractivity contribution in [2.45, 2.75) is 51.0 Å². The third-order valence-electron chi connectivity index (χ3n) is 10.3. The Morgan fingerprint density at radius 1 is 0.778 bits per heavy atom. The molecule has 4 amide bonds. The molecule has 0 aromatic heterocycles. The molecule has 0 fully saturated rings. The number of carbonyl (C=O) groups excluding carboxylic acids is 5. The van der Waals surface area contributed by atoms with Crippen molar-refractivity contribution < 1.29 is 42.9 Å². The maximum Gasteiger partial charge on any atom is 0.407 e. The van der Waals surface area contributed by atoms with Gasteiger partial charge in [0, 0.05) is 29.8 Å². The number of amides is 4. The van der Waals surface area contributed by atoms with Gasteiger partial charge in [-0.05, 0) is 61.2 Å². The second kappa shape index (κ2) is 20.4. The molecule has 0 saturated heterocycles. The number of ether oxygens (including phenoxy) is 4. The third kappa shape index (κ3) is 11.3. The number of hydrogen-bond acceptors (Lipinski definition) is 9. The summed E-state index contributed by atoms with van der Waals surface area (Å²) in [6, 6.07) is 41.5. The lowest BCUT2D eigenvalue weighted by Gasteiger charge is -2.47. The van der Waals surface area contributed by atoms with Gasteiger partial charge in [-0.1, -0.05) is 121 Å². The van der Waals surface area contributed by atoms with Gasteiger partial charge in [0.25, 0.3) is 5.91 Å². The average molecular weight is 853 g/mol. The first-order chi connectivity index (χ1) is 30.3. The third-order valence-corrected chi connectivity index (χ3v) is 10.3. The molecule has 0 unspecified atom stereocenters. The van der Waals surface area contributed by atoms with E-state index in [9.17, 15) is 19.2 Å². The first kappa shape index (κ1) is 45.1. The topological polar surface area (TPSA) is 153 Å². The number of nitrogens with one attached hydrogen (secondary N) is 2. The van der Waals surface area contributed by atoms with Gasteiger partial charge < -0.3 is 34.5 Å². The highest BCUT2D eigenvalue weighted by Gasteiger charge is 2.54. The molecule has 0 radical (unpaired) electrons. The van der Waals surface area contributed by atoms with Gasteiger partial charge in [0.15, 0.2) is 5.54 Å². The van der Waals surface area contributed by atoms with Gasteiger partial charge in [0.1, 0.15) is 36.8 Å². The Bertz CT molecular complexity index is 2400. The summed E-state index contributed by atoms with van der Waals surface area (Å²) in [4.78, 5) is 73.8. The number of carbonyl (C=O) groups is 5. The van der Waals surface area contributed by atoms with Crippen molar-refractivity contribution >= 4 is 35.5 Å². The standard InChI is InChI=1S/C50H52N4O9/c1-49(2,3)63-46(57)33-54-42(37-22-14-8-15-23-37)29-41(36-20-12-7-13-21-36)50(47(54)58,39-24-16-9-17-25-39)52-44(55)32-53(31-38-26-27-40(60-4)28-43(38)61-5)45(56)30-51-48(59)62-34-35-18-10-6-11-19-35/h6-29,41H,30-34H2,1-5H3,(H,51,59)(H,52,55)/t41-,50+/m0/s1. The minimum Gasteiger partial charge on any atom is -0.497 e. The molecule has 5 aromatic rings. The first-order valence-corrected chi connectivity index (χ1v) is 20.5. The van der Waals surface area contributed by atoms with Crippen LogP contribution in [-0.4, -0.2) is 79.0 Å². The molecule has 1 aliphatic heterocycles. The van der Waals surface area contributed by atoms with Gasteiger partial charge in [-0.25, -0.2) is 4.79 Å². The van der Waals surface area contributed by atoms with Crippen LogP contribution in [0.1, 0.15) is 54.5 Å². The van der Waals surface area contributed by atoms with E-state index in [1.807, 2.05) is 84.9 Å². The van der Waals surface area contributed by atoms with Crippen molar-refractivity contribution in [3.05, 3.63) is 173 Å². The number of esters is 1. The number of rotatable bonds is 16. The van der Waals surface area contributed by atoms with Crippen LogP contribution in [0.15, 0.2) is 146 Å². The zero-order valence-electron chi connectivity index (χ0n) is 36.0. The zero-order valence-corrected chi connectivity index (χ0v) is 36.0. The molecule has 1 heterocycles. The van der Waals surface area contributed by atoms with Gasteiger partial charge in [-0.2, -0.15) is 0 Å². The Balaban J connectivity index is 1.40. The normalized spacial score (nSPS) is 16.0. The molecule has 0 saturated carbocycles. The number of benzene rings is 5. The molecule has 13 heteroatoms. The molecule has 63 heavy (non-hydrogen) atoms. The van der Waals surface area contributed by atoms with Crippen LogP contribution in [0.3, 0.4) is 0 Å². The van der Waals surface area contributed by atoms with Crippen LogP contribution in [0.25, 0.3) is 5.70 Å². The fourth-order valence-electron chi connectivity index (χ4n) is 7.45. The van der Waals surface area contributed by atoms with E-state index in [-0.39, 0.29) is 13.2 Å². The first-order valence-electron chi connectivity index (χ1n) is 20.5. The molecular formula is C50H52N4O9. The summed E-state index contributed by atoms with van der Waals surface area (Å²) >= 11 is 0. The maximum absolute atomic E-state index is 15.7. The highest BCUT2D eigenvalue weighted by atomic mass is 16.6. The zero-order chi connectivity index (χ0) is 45.0. The molecule has 2 N–H and O–H groups in total. The number of hydrogen-bond donors (Lipinski definition) is 2. The van der Waals surface area contributed by atoms with E-state index in [2.05, 4.69) is 10.6 Å². The van der Waals surface area contributed by atoms with E-state index < -0.39 is 66.5 Å². The fraction of sp³-hybridized carbons (Fsp3) is 0.260. The van der Waals surface area contributed by atoms with E-state index in [0.717, 1.165) is 5.56 Å². The van der Waals surface area contributed by atoms with Crippen LogP contribution in [0.5, 0.6) is 11.5 Å². The van der Waals surface area contributed by atoms with Crippen LogP contribution in [0.4, 0.5) is 4.79 Å². The van der Waals surface area contributed by atoms with Crippen molar-refractivity contribution in [1.29, 1.82) is 0 Å². The van der Waals surface area contributed by atoms with E-state index in [1.54, 1.807) is 81.4 Å². The van der Waals surface area contributed by atoms with Crippen LogP contribution >= 0.6 is 0 Å². The van der Waals surface area contributed by atoms with E-state index in [4.69, 9.17) is 18.9 Å². The second-order valence-electron chi connectivity index (χ2n) is 15.8. The van der Waals surface area contributed by atoms with Crippen molar-refractivity contribution in [2.24, 2.45) is 0 Å². The van der Waals surface area contributed by atoms with Crippen molar-refractivity contribution in [2.75, 3.05) is 33.9 Å². The van der Waals surface area contributed by atoms with Gasteiger partial charge in [0.05, 0.1) is 20.8 Å². The molecule has 326 valence electrons. The number of methoxy groups -OCH3 is 2. The highest BCUT2D eigenvalue weighted by Crippen LogP contribution is 2.46. The van der Waals surface area contributed by atoms with E-state index >= 15 is 4.79 Å². The lowest BCUT2D eigenvalue weighted by molar-refractivity contribution is -0.159. The Hall–Kier alpha value is -7.41. The van der Waals surface area contributed by atoms with Crippen molar-refractivity contribution in [3.63, 3.8) is 0 Å². The van der Waals surface area contributed by atoms with E-state index in [1.165, 1.54) is 24.0 Å². The molecule has 13 nitrogen and oxygen atoms in total. The number of nitrogens with zero attached hydrogens (tertiary/aromatic N) is 2. The molecular weight excluding hydrogens is 801 g/mol. The summed E-state index contributed by atoms with van der Waals surface area (Å²) < 4.78 is 22.1. The van der Waals surface area contributed by atoms with Gasteiger partial charge in [-0.15, -0.1) is 0 Å². The fourth-order valence-corrected chi connectivity index (χ4v) is 7.45. The summed E-state index contributed by atoms with van der Waals surface area (Å²) in [5, 5.41) is 5.61. The summed E-state index contributed by atoms with van der Waals surface area (Å²) in [7, 11) is 2.99. The summed E-state index contributed by atoms with van der Waals surface area (Å²) in [6.07, 6.45) is 1.06. The van der Waals surface area contributed by atoms with Gasteiger partial charge in [0.2, 0.25) is 11.8 Å². The Labute approximate surface area is 367 Å². The minimum atomic E-state index is -1.86. The second-order valence-corrected chi connectivity index (χ2v) is 15.8. The Kier molecular flexibility index (Phi) is 14.6. The lowest BCUT2D eigenvalue weighted by atomic mass is 9.70. The average Bonchev–Trinajstić information content (AvgIpc) is 3.29.